The predicted octanol–water partition coefficient (Wildman–Crippen LogP) is 3.73. The molecule has 37 heavy (non-hydrogen) atoms. The van der Waals surface area contributed by atoms with Crippen LogP contribution in [-0.4, -0.2) is 48.4 Å². The Labute approximate surface area is 220 Å². The molecule has 0 radical (unpaired) electrons. The van der Waals surface area contributed by atoms with E-state index >= 15 is 0 Å². The Balaban J connectivity index is 1.99. The van der Waals surface area contributed by atoms with Crippen molar-refractivity contribution in [3.05, 3.63) is 58.7 Å². The molecule has 0 unspecified atom stereocenters. The van der Waals surface area contributed by atoms with Crippen LogP contribution in [0, 0.1) is 19.3 Å². The van der Waals surface area contributed by atoms with Gasteiger partial charge in [0.1, 0.15) is 11.9 Å². The van der Waals surface area contributed by atoms with Crippen LogP contribution in [0.1, 0.15) is 80.3 Å². The summed E-state index contributed by atoms with van der Waals surface area (Å²) >= 11 is 0. The van der Waals surface area contributed by atoms with Gasteiger partial charge in [-0.05, 0) is 76.7 Å². The SMILES string of the molecule is COc1cccc(C(=O)NN(C(=O)c2cc(C)cc(B3OC(C)(C)C(C)(C)O3)c2)[C@@H](N)C(C)(C)C)c1C. The van der Waals surface area contributed by atoms with Crippen molar-refractivity contribution in [1.82, 2.24) is 10.4 Å². The van der Waals surface area contributed by atoms with Crippen LogP contribution in [0.4, 0.5) is 0 Å². The number of nitrogens with zero attached hydrogens (tertiary/aromatic N) is 1. The maximum Gasteiger partial charge on any atom is 0.494 e. The van der Waals surface area contributed by atoms with E-state index in [4.69, 9.17) is 19.8 Å². The highest BCUT2D eigenvalue weighted by molar-refractivity contribution is 6.62. The second kappa shape index (κ2) is 10.1. The molecule has 8 nitrogen and oxygen atoms in total. The van der Waals surface area contributed by atoms with E-state index in [1.165, 1.54) is 5.01 Å². The third-order valence-corrected chi connectivity index (χ3v) is 7.23. The summed E-state index contributed by atoms with van der Waals surface area (Å²) in [5.74, 6) is -0.308. The zero-order valence-electron chi connectivity index (χ0n) is 23.7. The van der Waals surface area contributed by atoms with Gasteiger partial charge in [0.15, 0.2) is 0 Å². The Hall–Kier alpha value is -2.88. The van der Waals surface area contributed by atoms with E-state index in [9.17, 15) is 9.59 Å². The summed E-state index contributed by atoms with van der Waals surface area (Å²) < 4.78 is 17.8. The van der Waals surface area contributed by atoms with Gasteiger partial charge in [0.05, 0.1) is 18.3 Å². The largest absolute Gasteiger partial charge is 0.496 e. The third kappa shape index (κ3) is 5.84. The van der Waals surface area contributed by atoms with Gasteiger partial charge in [-0.1, -0.05) is 38.5 Å². The van der Waals surface area contributed by atoms with E-state index in [0.717, 1.165) is 11.0 Å². The van der Waals surface area contributed by atoms with Crippen molar-refractivity contribution >= 4 is 24.4 Å². The molecule has 2 amide bonds. The Morgan fingerprint density at radius 2 is 1.65 bits per heavy atom. The lowest BCUT2D eigenvalue weighted by atomic mass is 9.77. The van der Waals surface area contributed by atoms with Gasteiger partial charge in [-0.2, -0.15) is 0 Å². The number of benzene rings is 2. The van der Waals surface area contributed by atoms with Crippen LogP contribution in [-0.2, 0) is 9.31 Å². The lowest BCUT2D eigenvalue weighted by Crippen LogP contribution is -2.60. The summed E-state index contributed by atoms with van der Waals surface area (Å²) in [7, 11) is 0.917. The van der Waals surface area contributed by atoms with E-state index in [0.29, 0.717) is 22.4 Å². The molecule has 3 N–H and O–H groups in total. The van der Waals surface area contributed by atoms with Crippen molar-refractivity contribution in [1.29, 1.82) is 0 Å². The minimum atomic E-state index is -0.810. The second-order valence-corrected chi connectivity index (χ2v) is 11.8. The molecular weight excluding hydrogens is 469 g/mol. The molecule has 0 aliphatic carbocycles. The zero-order chi connectivity index (χ0) is 27.9. The molecule has 1 saturated heterocycles. The monoisotopic (exact) mass is 509 g/mol. The highest BCUT2D eigenvalue weighted by Crippen LogP contribution is 2.36. The molecule has 1 fully saturated rings. The van der Waals surface area contributed by atoms with Gasteiger partial charge in [0.25, 0.3) is 11.8 Å². The number of nitrogens with two attached hydrogens (primary N) is 1. The van der Waals surface area contributed by atoms with Crippen molar-refractivity contribution in [3.8, 4) is 5.75 Å². The average Bonchev–Trinajstić information content (AvgIpc) is 3.02. The molecule has 2 aromatic rings. The highest BCUT2D eigenvalue weighted by atomic mass is 16.7. The predicted molar refractivity (Wildman–Crippen MR) is 146 cm³/mol. The van der Waals surface area contributed by atoms with Gasteiger partial charge in [-0.3, -0.25) is 15.0 Å². The smallest absolute Gasteiger partial charge is 0.494 e. The van der Waals surface area contributed by atoms with Gasteiger partial charge >= 0.3 is 7.12 Å². The summed E-state index contributed by atoms with van der Waals surface area (Å²) in [6.07, 6.45) is -0.810. The van der Waals surface area contributed by atoms with Crippen LogP contribution in [0.2, 0.25) is 0 Å². The van der Waals surface area contributed by atoms with Crippen molar-refractivity contribution in [2.45, 2.75) is 79.7 Å². The molecule has 1 aliphatic rings. The van der Waals surface area contributed by atoms with Crippen LogP contribution in [0.25, 0.3) is 0 Å². The van der Waals surface area contributed by atoms with E-state index in [1.807, 2.05) is 61.5 Å². The fraction of sp³-hybridized carbons (Fsp3) is 0.500. The molecule has 1 atom stereocenters. The summed E-state index contributed by atoms with van der Waals surface area (Å²) in [4.78, 5) is 27.2. The first kappa shape index (κ1) is 28.7. The lowest BCUT2D eigenvalue weighted by Gasteiger charge is -2.37. The van der Waals surface area contributed by atoms with Crippen LogP contribution in [0.15, 0.2) is 36.4 Å². The summed E-state index contributed by atoms with van der Waals surface area (Å²) in [5, 5.41) is 1.21. The van der Waals surface area contributed by atoms with Crippen LogP contribution >= 0.6 is 0 Å². The molecule has 0 bridgehead atoms. The number of nitrogens with one attached hydrogen (secondary N) is 1. The van der Waals surface area contributed by atoms with Crippen LogP contribution in [0.3, 0.4) is 0 Å². The molecule has 1 aliphatic heterocycles. The summed E-state index contributed by atoms with van der Waals surface area (Å²) in [6, 6.07) is 10.6. The number of methoxy groups -OCH3 is 1. The summed E-state index contributed by atoms with van der Waals surface area (Å²) in [5.41, 5.74) is 10.7. The molecule has 2 aromatic carbocycles. The number of ether oxygens (including phenoxy) is 1. The van der Waals surface area contributed by atoms with Crippen LogP contribution in [0.5, 0.6) is 5.75 Å². The second-order valence-electron chi connectivity index (χ2n) is 11.8. The zero-order valence-corrected chi connectivity index (χ0v) is 23.7. The standard InChI is InChI=1S/C28H40BN3O5/c1-17-14-19(16-20(15-17)29-36-27(6,7)28(8,9)37-29)24(34)32(25(30)26(3,4)5)31-23(33)21-12-11-13-22(35-10)18(21)2/h11-16,25H,30H2,1-10H3,(H,31,33)/t25-/m1/s1. The minimum absolute atomic E-state index is 0.368. The number of hydrogen-bond acceptors (Lipinski definition) is 6. The third-order valence-electron chi connectivity index (χ3n) is 7.23. The first-order valence-corrected chi connectivity index (χ1v) is 12.5. The van der Waals surface area contributed by atoms with Gasteiger partial charge in [-0.15, -0.1) is 0 Å². The molecule has 9 heteroatoms. The average molecular weight is 509 g/mol. The number of hydrogen-bond donors (Lipinski definition) is 2. The lowest BCUT2D eigenvalue weighted by molar-refractivity contribution is 0.00578. The molecule has 0 saturated carbocycles. The van der Waals surface area contributed by atoms with E-state index in [2.05, 4.69) is 5.43 Å². The fourth-order valence-electron chi connectivity index (χ4n) is 4.08. The molecule has 200 valence electrons. The Kier molecular flexibility index (Phi) is 7.85. The topological polar surface area (TPSA) is 103 Å². The Morgan fingerprint density at radius 1 is 1.05 bits per heavy atom. The molecule has 0 spiro atoms. The highest BCUT2D eigenvalue weighted by Gasteiger charge is 2.52. The van der Waals surface area contributed by atoms with Crippen LogP contribution < -0.4 is 21.4 Å². The van der Waals surface area contributed by atoms with E-state index < -0.39 is 41.7 Å². The summed E-state index contributed by atoms with van der Waals surface area (Å²) in [6.45, 7) is 17.3. The van der Waals surface area contributed by atoms with Crippen molar-refractivity contribution in [3.63, 3.8) is 0 Å². The van der Waals surface area contributed by atoms with Gasteiger partial charge < -0.3 is 19.8 Å². The van der Waals surface area contributed by atoms with Crippen molar-refractivity contribution in [2.24, 2.45) is 11.1 Å². The Morgan fingerprint density at radius 3 is 2.19 bits per heavy atom. The number of rotatable bonds is 5. The van der Waals surface area contributed by atoms with Crippen molar-refractivity contribution < 1.29 is 23.6 Å². The molecular formula is C28H40BN3O5. The van der Waals surface area contributed by atoms with Crippen molar-refractivity contribution in [2.75, 3.05) is 7.11 Å². The minimum Gasteiger partial charge on any atom is -0.496 e. The maximum absolute atomic E-state index is 13.9. The van der Waals surface area contributed by atoms with E-state index in [1.54, 1.807) is 44.4 Å². The number of aryl methyl sites for hydroxylation is 1. The van der Waals surface area contributed by atoms with Gasteiger partial charge in [0.2, 0.25) is 0 Å². The molecule has 3 rings (SSSR count). The van der Waals surface area contributed by atoms with Gasteiger partial charge in [0, 0.05) is 16.7 Å². The number of amides is 2. The fourth-order valence-corrected chi connectivity index (χ4v) is 4.08. The van der Waals surface area contributed by atoms with Gasteiger partial charge in [-0.25, -0.2) is 5.01 Å². The number of carbonyl (C=O) groups is 2. The molecule has 1 heterocycles. The quantitative estimate of drug-likeness (QED) is 0.362. The number of hydrazine groups is 1. The first-order valence-electron chi connectivity index (χ1n) is 12.5. The Bertz CT molecular complexity index is 1170. The first-order chi connectivity index (χ1) is 17.0. The normalized spacial score (nSPS) is 17.3. The van der Waals surface area contributed by atoms with E-state index in [-0.39, 0.29) is 0 Å². The maximum atomic E-state index is 13.9. The number of carbonyl (C=O) groups excluding carboxylic acids is 2. The molecule has 0 aromatic heterocycles.